The summed E-state index contributed by atoms with van der Waals surface area (Å²) >= 11 is 0. The Morgan fingerprint density at radius 1 is 1.05 bits per heavy atom. The van der Waals surface area contributed by atoms with Gasteiger partial charge >= 0.3 is 0 Å². The molecule has 2 aromatic carbocycles. The predicted octanol–water partition coefficient (Wildman–Crippen LogP) is 2.56. The summed E-state index contributed by atoms with van der Waals surface area (Å²) in [6.07, 6.45) is 1.76. The Hall–Kier alpha value is -3.47. The summed E-state index contributed by atoms with van der Waals surface area (Å²) < 4.78 is 42.9. The highest BCUT2D eigenvalue weighted by molar-refractivity contribution is 7.92. The van der Waals surface area contributed by atoms with Crippen LogP contribution in [0.1, 0.15) is 32.8 Å². The Morgan fingerprint density at radius 3 is 2.30 bits per heavy atom. The molecule has 2 amide bonds. The SMILES string of the molecule is CCC(C)NC(=O)C(C)N(Cc1ccc(OC)cc1)C(=O)CN(c1ccc2c(c1)OCCO2)S(C)(=O)=O. The molecule has 37 heavy (non-hydrogen) atoms. The van der Waals surface area contributed by atoms with E-state index in [2.05, 4.69) is 5.32 Å². The van der Waals surface area contributed by atoms with Gasteiger partial charge in [0.2, 0.25) is 21.8 Å². The van der Waals surface area contributed by atoms with Crippen molar-refractivity contribution < 1.29 is 32.2 Å². The van der Waals surface area contributed by atoms with Crippen molar-refractivity contribution in [2.75, 3.05) is 37.4 Å². The van der Waals surface area contributed by atoms with Crippen LogP contribution in [0.4, 0.5) is 5.69 Å². The van der Waals surface area contributed by atoms with Gasteiger partial charge in [-0.05, 0) is 50.1 Å². The van der Waals surface area contributed by atoms with Gasteiger partial charge in [-0.3, -0.25) is 13.9 Å². The number of fused-ring (bicyclic) bond motifs is 1. The molecule has 2 unspecified atom stereocenters. The number of hydrogen-bond donors (Lipinski definition) is 1. The number of carbonyl (C=O) groups is 2. The number of sulfonamides is 1. The molecule has 0 spiro atoms. The third-order valence-electron chi connectivity index (χ3n) is 6.17. The van der Waals surface area contributed by atoms with Crippen LogP contribution in [0, 0.1) is 0 Å². The molecule has 1 heterocycles. The molecule has 2 aromatic rings. The number of benzene rings is 2. The molecule has 0 aromatic heterocycles. The van der Waals surface area contributed by atoms with Crippen molar-refractivity contribution in [3.63, 3.8) is 0 Å². The zero-order valence-corrected chi connectivity index (χ0v) is 22.7. The highest BCUT2D eigenvalue weighted by Crippen LogP contribution is 2.34. The van der Waals surface area contributed by atoms with E-state index in [0.29, 0.717) is 30.5 Å². The van der Waals surface area contributed by atoms with Crippen molar-refractivity contribution in [1.29, 1.82) is 0 Å². The van der Waals surface area contributed by atoms with Gasteiger partial charge in [-0.1, -0.05) is 19.1 Å². The molecule has 0 aliphatic carbocycles. The quantitative estimate of drug-likeness (QED) is 0.472. The minimum atomic E-state index is -3.85. The third-order valence-corrected chi connectivity index (χ3v) is 7.31. The molecular formula is C26H35N3O7S. The third kappa shape index (κ3) is 7.28. The van der Waals surface area contributed by atoms with E-state index in [1.54, 1.807) is 50.4 Å². The maximum atomic E-state index is 13.7. The lowest BCUT2D eigenvalue weighted by Crippen LogP contribution is -2.52. The molecule has 1 aliphatic heterocycles. The second-order valence-electron chi connectivity index (χ2n) is 8.96. The number of nitrogens with one attached hydrogen (secondary N) is 1. The van der Waals surface area contributed by atoms with Gasteiger partial charge in [-0.15, -0.1) is 0 Å². The van der Waals surface area contributed by atoms with Crippen molar-refractivity contribution in [1.82, 2.24) is 10.2 Å². The summed E-state index contributed by atoms with van der Waals surface area (Å²) in [5.41, 5.74) is 1.03. The van der Waals surface area contributed by atoms with Gasteiger partial charge < -0.3 is 24.4 Å². The van der Waals surface area contributed by atoms with Gasteiger partial charge in [-0.2, -0.15) is 0 Å². The standard InChI is InChI=1S/C26H35N3O7S/c1-6-18(2)27-26(31)19(3)28(16-20-7-10-22(34-4)11-8-20)25(30)17-29(37(5,32)33)21-9-12-23-24(15-21)36-14-13-35-23/h7-12,15,18-19H,6,13-14,16-17H2,1-5H3,(H,27,31). The Bertz CT molecular complexity index is 1200. The van der Waals surface area contributed by atoms with Crippen LogP contribution in [0.3, 0.4) is 0 Å². The van der Waals surface area contributed by atoms with E-state index >= 15 is 0 Å². The monoisotopic (exact) mass is 533 g/mol. The van der Waals surface area contributed by atoms with E-state index in [-0.39, 0.29) is 24.2 Å². The molecule has 0 saturated carbocycles. The molecule has 11 heteroatoms. The number of methoxy groups -OCH3 is 1. The van der Waals surface area contributed by atoms with Crippen molar-refractivity contribution in [2.24, 2.45) is 0 Å². The van der Waals surface area contributed by atoms with Gasteiger partial charge in [0, 0.05) is 18.7 Å². The fourth-order valence-electron chi connectivity index (χ4n) is 3.78. The van der Waals surface area contributed by atoms with Crippen LogP contribution in [0.15, 0.2) is 42.5 Å². The lowest BCUT2D eigenvalue weighted by atomic mass is 10.1. The van der Waals surface area contributed by atoms with Crippen molar-refractivity contribution in [3.8, 4) is 17.2 Å². The number of nitrogens with zero attached hydrogens (tertiary/aromatic N) is 2. The minimum absolute atomic E-state index is 0.0712. The second kappa shape index (κ2) is 12.2. The van der Waals surface area contributed by atoms with Crippen molar-refractivity contribution in [3.05, 3.63) is 48.0 Å². The largest absolute Gasteiger partial charge is 0.497 e. The molecule has 1 N–H and O–H groups in total. The summed E-state index contributed by atoms with van der Waals surface area (Å²) in [4.78, 5) is 28.0. The molecule has 0 bridgehead atoms. The summed E-state index contributed by atoms with van der Waals surface area (Å²) in [6.45, 7) is 5.82. The first-order chi connectivity index (χ1) is 17.5. The molecule has 1 aliphatic rings. The van der Waals surface area contributed by atoms with E-state index in [4.69, 9.17) is 14.2 Å². The second-order valence-corrected chi connectivity index (χ2v) is 10.9. The van der Waals surface area contributed by atoms with Crippen molar-refractivity contribution in [2.45, 2.75) is 45.8 Å². The summed E-state index contributed by atoms with van der Waals surface area (Å²) in [6, 6.07) is 10.9. The predicted molar refractivity (Wildman–Crippen MR) is 141 cm³/mol. The number of rotatable bonds is 11. The fourth-order valence-corrected chi connectivity index (χ4v) is 4.62. The highest BCUT2D eigenvalue weighted by Gasteiger charge is 2.31. The molecule has 0 saturated heterocycles. The van der Waals surface area contributed by atoms with Crippen LogP contribution in [-0.4, -0.2) is 70.3 Å². The Morgan fingerprint density at radius 2 is 1.70 bits per heavy atom. The number of ether oxygens (including phenoxy) is 3. The van der Waals surface area contributed by atoms with Crippen LogP contribution in [-0.2, 0) is 26.2 Å². The zero-order chi connectivity index (χ0) is 27.2. The average Bonchev–Trinajstić information content (AvgIpc) is 2.89. The number of amides is 2. The zero-order valence-electron chi connectivity index (χ0n) is 21.9. The van der Waals surface area contributed by atoms with Gasteiger partial charge in [0.1, 0.15) is 31.5 Å². The summed E-state index contributed by atoms with van der Waals surface area (Å²) in [5.74, 6) is 0.725. The molecule has 10 nitrogen and oxygen atoms in total. The number of carbonyl (C=O) groups excluding carboxylic acids is 2. The molecular weight excluding hydrogens is 498 g/mol. The average molecular weight is 534 g/mol. The van der Waals surface area contributed by atoms with Crippen molar-refractivity contribution >= 4 is 27.5 Å². The van der Waals surface area contributed by atoms with E-state index < -0.39 is 28.5 Å². The smallest absolute Gasteiger partial charge is 0.244 e. The molecule has 0 fully saturated rings. The summed E-state index contributed by atoms with van der Waals surface area (Å²) in [7, 11) is -2.29. The molecule has 0 radical (unpaired) electrons. The number of hydrogen-bond acceptors (Lipinski definition) is 7. The molecule has 2 atom stereocenters. The first-order valence-electron chi connectivity index (χ1n) is 12.1. The number of anilines is 1. The lowest BCUT2D eigenvalue weighted by molar-refractivity contribution is -0.139. The van der Waals surface area contributed by atoms with E-state index in [9.17, 15) is 18.0 Å². The Kier molecular flexibility index (Phi) is 9.25. The van der Waals surface area contributed by atoms with Crippen LogP contribution in [0.2, 0.25) is 0 Å². The van der Waals surface area contributed by atoms with Gasteiger partial charge in [-0.25, -0.2) is 8.42 Å². The lowest BCUT2D eigenvalue weighted by Gasteiger charge is -2.32. The van der Waals surface area contributed by atoms with E-state index in [0.717, 1.165) is 22.5 Å². The Labute approximate surface area is 218 Å². The normalized spacial score (nSPS) is 14.3. The van der Waals surface area contributed by atoms with Crippen LogP contribution < -0.4 is 23.8 Å². The van der Waals surface area contributed by atoms with Crippen LogP contribution in [0.5, 0.6) is 17.2 Å². The minimum Gasteiger partial charge on any atom is -0.497 e. The first-order valence-corrected chi connectivity index (χ1v) is 14.0. The summed E-state index contributed by atoms with van der Waals surface area (Å²) in [5, 5.41) is 2.90. The van der Waals surface area contributed by atoms with E-state index in [1.807, 2.05) is 13.8 Å². The van der Waals surface area contributed by atoms with Gasteiger partial charge in [0.15, 0.2) is 11.5 Å². The van der Waals surface area contributed by atoms with Crippen LogP contribution in [0.25, 0.3) is 0 Å². The highest BCUT2D eigenvalue weighted by atomic mass is 32.2. The van der Waals surface area contributed by atoms with E-state index in [1.165, 1.54) is 11.0 Å². The fraction of sp³-hybridized carbons (Fsp3) is 0.462. The molecule has 3 rings (SSSR count). The maximum Gasteiger partial charge on any atom is 0.244 e. The molecule has 202 valence electrons. The van der Waals surface area contributed by atoms with Crippen LogP contribution >= 0.6 is 0 Å². The van der Waals surface area contributed by atoms with Gasteiger partial charge in [0.25, 0.3) is 0 Å². The Balaban J connectivity index is 1.91. The maximum absolute atomic E-state index is 13.7. The van der Waals surface area contributed by atoms with Gasteiger partial charge in [0.05, 0.1) is 19.1 Å². The first kappa shape index (κ1) is 28.1. The topological polar surface area (TPSA) is 114 Å².